The highest BCUT2D eigenvalue weighted by molar-refractivity contribution is 5.96. The van der Waals surface area contributed by atoms with Crippen molar-refractivity contribution in [3.63, 3.8) is 0 Å². The minimum atomic E-state index is -0.136. The van der Waals surface area contributed by atoms with Gasteiger partial charge < -0.3 is 10.6 Å². The first kappa shape index (κ1) is 17.1. The topological polar surface area (TPSA) is 41.1 Å². The fourth-order valence-corrected chi connectivity index (χ4v) is 6.17. The Morgan fingerprint density at radius 1 is 0.960 bits per heavy atom. The van der Waals surface area contributed by atoms with Gasteiger partial charge in [0.25, 0.3) is 0 Å². The van der Waals surface area contributed by atoms with Crippen molar-refractivity contribution in [2.75, 3.05) is 5.32 Å². The van der Waals surface area contributed by atoms with Gasteiger partial charge in [0.1, 0.15) is 0 Å². The van der Waals surface area contributed by atoms with Crippen LogP contribution in [0.3, 0.4) is 0 Å². The van der Waals surface area contributed by atoms with E-state index in [0.717, 1.165) is 40.5 Å². The zero-order valence-electron chi connectivity index (χ0n) is 16.1. The third-order valence-electron chi connectivity index (χ3n) is 6.99. The minimum absolute atomic E-state index is 0.101. The Hall–Kier alpha value is -1.35. The van der Waals surface area contributed by atoms with Crippen LogP contribution in [0.15, 0.2) is 12.1 Å². The van der Waals surface area contributed by atoms with Gasteiger partial charge >= 0.3 is 0 Å². The summed E-state index contributed by atoms with van der Waals surface area (Å²) in [5.74, 6) is 3.65. The van der Waals surface area contributed by atoms with Crippen LogP contribution in [0, 0.1) is 44.4 Å². The van der Waals surface area contributed by atoms with Crippen molar-refractivity contribution in [2.24, 2.45) is 23.7 Å². The summed E-state index contributed by atoms with van der Waals surface area (Å²) in [5, 5.41) is 6.90. The van der Waals surface area contributed by atoms with Crippen LogP contribution in [0.5, 0.6) is 0 Å². The molecule has 0 aliphatic heterocycles. The number of amides is 1. The highest BCUT2D eigenvalue weighted by Crippen LogP contribution is 2.53. The maximum Gasteiger partial charge on any atom is 0.241 e. The second-order valence-electron chi connectivity index (χ2n) is 9.11. The Labute approximate surface area is 152 Å². The third-order valence-corrected chi connectivity index (χ3v) is 6.99. The molecule has 0 radical (unpaired) electrons. The molecule has 1 amide bonds. The average Bonchev–Trinajstić information content (AvgIpc) is 2.53. The van der Waals surface area contributed by atoms with Gasteiger partial charge in [-0.1, -0.05) is 17.7 Å². The zero-order valence-corrected chi connectivity index (χ0v) is 16.1. The number of benzene rings is 1. The van der Waals surface area contributed by atoms with Crippen molar-refractivity contribution in [2.45, 2.75) is 71.9 Å². The van der Waals surface area contributed by atoms with E-state index in [0.29, 0.717) is 6.04 Å². The molecule has 4 bridgehead atoms. The molecule has 1 unspecified atom stereocenters. The second kappa shape index (κ2) is 6.42. The lowest BCUT2D eigenvalue weighted by atomic mass is 9.54. The van der Waals surface area contributed by atoms with E-state index in [1.165, 1.54) is 37.7 Å². The normalized spacial score (nSPS) is 34.2. The average molecular weight is 341 g/mol. The summed E-state index contributed by atoms with van der Waals surface area (Å²) in [7, 11) is 0. The van der Waals surface area contributed by atoms with E-state index in [1.54, 1.807) is 0 Å². The van der Waals surface area contributed by atoms with Crippen molar-refractivity contribution in [1.29, 1.82) is 0 Å². The molecule has 4 aliphatic rings. The molecule has 4 saturated carbocycles. The molecule has 0 spiro atoms. The smallest absolute Gasteiger partial charge is 0.241 e. The van der Waals surface area contributed by atoms with Crippen molar-refractivity contribution in [1.82, 2.24) is 5.32 Å². The molecule has 0 heterocycles. The van der Waals surface area contributed by atoms with Crippen molar-refractivity contribution < 1.29 is 4.79 Å². The van der Waals surface area contributed by atoms with Gasteiger partial charge in [0.15, 0.2) is 0 Å². The lowest BCUT2D eigenvalue weighted by Crippen LogP contribution is -2.58. The number of hydrogen-bond acceptors (Lipinski definition) is 2. The van der Waals surface area contributed by atoms with Gasteiger partial charge in [0.2, 0.25) is 5.91 Å². The van der Waals surface area contributed by atoms with E-state index >= 15 is 0 Å². The lowest BCUT2D eigenvalue weighted by Gasteiger charge is -2.55. The van der Waals surface area contributed by atoms with Crippen molar-refractivity contribution >= 4 is 11.6 Å². The fourth-order valence-electron chi connectivity index (χ4n) is 6.17. The Balaban J connectivity index is 1.41. The maximum atomic E-state index is 12.8. The number of hydrogen-bond donors (Lipinski definition) is 2. The van der Waals surface area contributed by atoms with E-state index in [1.807, 2.05) is 6.92 Å². The fraction of sp³-hybridized carbons (Fsp3) is 0.682. The first-order valence-corrected chi connectivity index (χ1v) is 10.1. The molecule has 3 heteroatoms. The van der Waals surface area contributed by atoms with E-state index < -0.39 is 0 Å². The quantitative estimate of drug-likeness (QED) is 0.855. The molecular weight excluding hydrogens is 308 g/mol. The van der Waals surface area contributed by atoms with Gasteiger partial charge in [-0.25, -0.2) is 0 Å². The van der Waals surface area contributed by atoms with Gasteiger partial charge in [-0.15, -0.1) is 0 Å². The minimum Gasteiger partial charge on any atom is -0.324 e. The van der Waals surface area contributed by atoms with Crippen LogP contribution >= 0.6 is 0 Å². The summed E-state index contributed by atoms with van der Waals surface area (Å²) in [4.78, 5) is 12.8. The molecule has 4 fully saturated rings. The summed E-state index contributed by atoms with van der Waals surface area (Å²) in [6.45, 7) is 8.28. The van der Waals surface area contributed by atoms with Crippen LogP contribution in [0.2, 0.25) is 0 Å². The van der Waals surface area contributed by atoms with Gasteiger partial charge in [-0.2, -0.15) is 0 Å². The summed E-state index contributed by atoms with van der Waals surface area (Å²) in [6, 6.07) is 4.69. The molecule has 1 atom stereocenters. The van der Waals surface area contributed by atoms with E-state index in [4.69, 9.17) is 0 Å². The predicted molar refractivity (Wildman–Crippen MR) is 103 cm³/mol. The molecule has 4 aliphatic carbocycles. The Bertz CT molecular complexity index is 630. The lowest BCUT2D eigenvalue weighted by molar-refractivity contribution is -0.118. The monoisotopic (exact) mass is 340 g/mol. The molecular formula is C22H32N2O. The molecule has 0 saturated heterocycles. The van der Waals surface area contributed by atoms with Gasteiger partial charge in [0, 0.05) is 11.7 Å². The number of carbonyl (C=O) groups excluding carboxylic acids is 1. The zero-order chi connectivity index (χ0) is 17.7. The first-order chi connectivity index (χ1) is 11.9. The molecule has 1 aromatic rings. The van der Waals surface area contributed by atoms with Crippen LogP contribution in [0.25, 0.3) is 0 Å². The Kier molecular flexibility index (Phi) is 4.39. The van der Waals surface area contributed by atoms with Crippen molar-refractivity contribution in [3.8, 4) is 0 Å². The first-order valence-electron chi connectivity index (χ1n) is 10.1. The second-order valence-corrected chi connectivity index (χ2v) is 9.11. The molecule has 3 nitrogen and oxygen atoms in total. The summed E-state index contributed by atoms with van der Waals surface area (Å²) < 4.78 is 0. The van der Waals surface area contributed by atoms with Gasteiger partial charge in [0.05, 0.1) is 6.04 Å². The summed E-state index contributed by atoms with van der Waals surface area (Å²) in [5.41, 5.74) is 4.52. The maximum absolute atomic E-state index is 12.8. The standard InChI is InChI=1S/C22H32N2O/c1-12-5-13(2)20(14(3)6-12)24-22(25)15(4)23-21-18-8-16-7-17(10-18)11-19(21)9-16/h5-6,15-19,21,23H,7-11H2,1-4H3,(H,24,25). The van der Waals surface area contributed by atoms with Gasteiger partial charge in [-0.05, 0) is 94.6 Å². The molecule has 25 heavy (non-hydrogen) atoms. The van der Waals surface area contributed by atoms with E-state index in [9.17, 15) is 4.79 Å². The number of aryl methyl sites for hydroxylation is 3. The molecule has 136 valence electrons. The highest BCUT2D eigenvalue weighted by atomic mass is 16.2. The van der Waals surface area contributed by atoms with Crippen LogP contribution in [-0.4, -0.2) is 18.0 Å². The third kappa shape index (κ3) is 3.23. The number of carbonyl (C=O) groups is 1. The molecule has 0 aromatic heterocycles. The van der Waals surface area contributed by atoms with E-state index in [2.05, 4.69) is 43.5 Å². The number of nitrogens with one attached hydrogen (secondary N) is 2. The molecule has 2 N–H and O–H groups in total. The highest BCUT2D eigenvalue weighted by Gasteiger charge is 2.48. The summed E-state index contributed by atoms with van der Waals surface area (Å²) in [6.07, 6.45) is 7.01. The van der Waals surface area contributed by atoms with Crippen LogP contribution in [0.4, 0.5) is 5.69 Å². The van der Waals surface area contributed by atoms with Crippen LogP contribution in [-0.2, 0) is 4.79 Å². The van der Waals surface area contributed by atoms with Crippen LogP contribution < -0.4 is 10.6 Å². The van der Waals surface area contributed by atoms with E-state index in [-0.39, 0.29) is 11.9 Å². The van der Waals surface area contributed by atoms with Gasteiger partial charge in [-0.3, -0.25) is 4.79 Å². The summed E-state index contributed by atoms with van der Waals surface area (Å²) >= 11 is 0. The van der Waals surface area contributed by atoms with Crippen LogP contribution in [0.1, 0.15) is 55.7 Å². The molecule has 1 aromatic carbocycles. The number of anilines is 1. The SMILES string of the molecule is Cc1cc(C)c(NC(=O)C(C)NC2C3CC4CC(C3)CC2C4)c(C)c1. The largest absolute Gasteiger partial charge is 0.324 e. The predicted octanol–water partition coefficient (Wildman–Crippen LogP) is 4.35. The van der Waals surface area contributed by atoms with Crippen molar-refractivity contribution in [3.05, 3.63) is 28.8 Å². The molecule has 5 rings (SSSR count). The number of rotatable bonds is 4. The Morgan fingerprint density at radius 2 is 1.48 bits per heavy atom. The Morgan fingerprint density at radius 3 is 2.00 bits per heavy atom.